The third-order valence-electron chi connectivity index (χ3n) is 10.1. The van der Waals surface area contributed by atoms with Crippen molar-refractivity contribution in [1.29, 1.82) is 0 Å². The smallest absolute Gasteiger partial charge is 0.246 e. The third-order valence-corrected chi connectivity index (χ3v) is 10.4. The topological polar surface area (TPSA) is 71.5 Å². The van der Waals surface area contributed by atoms with Crippen LogP contribution < -0.4 is 10.1 Å². The number of aromatic nitrogens is 1. The number of hydrogen-bond donors (Lipinski definition) is 1. The molecule has 1 aromatic heterocycles. The van der Waals surface area contributed by atoms with Crippen molar-refractivity contribution >= 4 is 29.5 Å². The molecular weight excluding hydrogens is 570 g/mol. The Kier molecular flexibility index (Phi) is 7.25. The fourth-order valence-electron chi connectivity index (χ4n) is 8.33. The Morgan fingerprint density at radius 2 is 1.91 bits per heavy atom. The number of hydrogen-bond acceptors (Lipinski definition) is 4. The largest absolute Gasteiger partial charge is 0.496 e. The van der Waals surface area contributed by atoms with Crippen LogP contribution in [0.1, 0.15) is 46.6 Å². The van der Waals surface area contributed by atoms with E-state index in [0.29, 0.717) is 30.4 Å². The van der Waals surface area contributed by atoms with Crippen LogP contribution in [0.4, 0.5) is 0 Å². The number of rotatable bonds is 7. The predicted molar refractivity (Wildman–Crippen MR) is 171 cm³/mol. The van der Waals surface area contributed by atoms with Crippen LogP contribution in [-0.4, -0.2) is 41.9 Å². The van der Waals surface area contributed by atoms with Crippen molar-refractivity contribution in [2.75, 3.05) is 20.2 Å². The average molecular weight is 604 g/mol. The molecule has 4 aliphatic rings. The molecule has 0 radical (unpaired) electrons. The summed E-state index contributed by atoms with van der Waals surface area (Å²) in [7, 11) is 1.62. The Morgan fingerprint density at radius 1 is 1.07 bits per heavy atom. The number of nitrogens with one attached hydrogen (secondary N) is 1. The summed E-state index contributed by atoms with van der Waals surface area (Å²) in [4.78, 5) is 34.8. The van der Waals surface area contributed by atoms with E-state index in [-0.39, 0.29) is 23.7 Å². The number of likely N-dealkylation sites (tertiary alicyclic amines) is 1. The molecule has 1 N–H and O–H groups in total. The minimum atomic E-state index is -0.814. The van der Waals surface area contributed by atoms with Gasteiger partial charge in [0.15, 0.2) is 0 Å². The molecule has 1 saturated carbocycles. The maximum absolute atomic E-state index is 14.7. The van der Waals surface area contributed by atoms with E-state index in [9.17, 15) is 9.59 Å². The molecule has 222 valence electrons. The number of benzene rings is 3. The van der Waals surface area contributed by atoms with Crippen molar-refractivity contribution in [3.63, 3.8) is 0 Å². The van der Waals surface area contributed by atoms with Gasteiger partial charge in [0.2, 0.25) is 11.8 Å². The first-order valence-electron chi connectivity index (χ1n) is 15.1. The first-order chi connectivity index (χ1) is 21.5. The fraction of sp³-hybridized carbons (Fsp3) is 0.270. The summed E-state index contributed by atoms with van der Waals surface area (Å²) in [6.07, 6.45) is 8.64. The number of ether oxygens (including phenoxy) is 1. The number of nitrogens with zero attached hydrogens (tertiary/aromatic N) is 2. The fourth-order valence-corrected chi connectivity index (χ4v) is 8.52. The zero-order valence-corrected chi connectivity index (χ0v) is 25.3. The number of fused-ring (bicyclic) bond motifs is 1. The van der Waals surface area contributed by atoms with E-state index >= 15 is 0 Å². The number of carbonyl (C=O) groups is 2. The van der Waals surface area contributed by atoms with Crippen molar-refractivity contribution in [2.24, 2.45) is 11.3 Å². The summed E-state index contributed by atoms with van der Waals surface area (Å²) in [5, 5.41) is 3.95. The van der Waals surface area contributed by atoms with E-state index in [1.807, 2.05) is 59.5 Å². The van der Waals surface area contributed by atoms with Gasteiger partial charge in [0.05, 0.1) is 12.5 Å². The highest BCUT2D eigenvalue weighted by molar-refractivity contribution is 6.30. The molecule has 2 fully saturated rings. The lowest BCUT2D eigenvalue weighted by atomic mass is 9.42. The molecule has 0 spiro atoms. The maximum Gasteiger partial charge on any atom is 0.246 e. The lowest BCUT2D eigenvalue weighted by Gasteiger charge is -2.60. The first-order valence-corrected chi connectivity index (χ1v) is 15.5. The molecular formula is C37H34ClN3O3. The van der Waals surface area contributed by atoms with E-state index < -0.39 is 10.8 Å². The summed E-state index contributed by atoms with van der Waals surface area (Å²) in [6, 6.07) is 28.1. The van der Waals surface area contributed by atoms with Crippen LogP contribution in [-0.2, 0) is 21.5 Å². The normalized spacial score (nSPS) is 25.0. The van der Waals surface area contributed by atoms with E-state index in [2.05, 4.69) is 40.6 Å². The van der Waals surface area contributed by atoms with Crippen molar-refractivity contribution in [2.45, 2.75) is 30.7 Å². The second-order valence-corrected chi connectivity index (χ2v) is 12.5. The first kappa shape index (κ1) is 28.4. The van der Waals surface area contributed by atoms with Crippen molar-refractivity contribution in [3.8, 4) is 5.75 Å². The Balaban J connectivity index is 1.33. The van der Waals surface area contributed by atoms with Gasteiger partial charge >= 0.3 is 0 Å². The third kappa shape index (κ3) is 4.43. The molecule has 2 heterocycles. The summed E-state index contributed by atoms with van der Waals surface area (Å²) >= 11 is 6.61. The average Bonchev–Trinajstić information content (AvgIpc) is 3.51. The number of para-hydroxylation sites is 1. The molecule has 4 aromatic rings. The predicted octanol–water partition coefficient (Wildman–Crippen LogP) is 6.40. The monoisotopic (exact) mass is 603 g/mol. The van der Waals surface area contributed by atoms with Gasteiger partial charge in [-0.3, -0.25) is 14.6 Å². The number of pyridine rings is 1. The summed E-state index contributed by atoms with van der Waals surface area (Å²) in [5.74, 6) is 0.413. The van der Waals surface area contributed by atoms with E-state index in [1.165, 1.54) is 11.1 Å². The van der Waals surface area contributed by atoms with Gasteiger partial charge in [-0.2, -0.15) is 0 Å². The van der Waals surface area contributed by atoms with E-state index in [1.54, 1.807) is 31.7 Å². The van der Waals surface area contributed by atoms with Crippen LogP contribution in [0, 0.1) is 11.3 Å². The summed E-state index contributed by atoms with van der Waals surface area (Å²) in [5.41, 5.74) is 4.03. The minimum absolute atomic E-state index is 0.0130. The molecule has 2 amide bonds. The van der Waals surface area contributed by atoms with Gasteiger partial charge in [-0.05, 0) is 65.4 Å². The van der Waals surface area contributed by atoms with E-state index in [4.69, 9.17) is 16.3 Å². The highest BCUT2D eigenvalue weighted by Gasteiger charge is 2.70. The Bertz CT molecular complexity index is 1760. The van der Waals surface area contributed by atoms with Crippen LogP contribution in [0.5, 0.6) is 5.75 Å². The Labute approximate surface area is 262 Å². The number of methoxy groups -OCH3 is 1. The lowest BCUT2D eigenvalue weighted by Crippen LogP contribution is -2.62. The molecule has 1 aliphatic heterocycles. The summed E-state index contributed by atoms with van der Waals surface area (Å²) in [6.45, 7) is 1.18. The number of halogens is 1. The zero-order valence-electron chi connectivity index (χ0n) is 24.6. The van der Waals surface area contributed by atoms with Gasteiger partial charge < -0.3 is 15.0 Å². The SMILES string of the molecule is COc1ccccc1/C=C/C(=O)N1C[C@H]2[C@]3(c4cccc(Cl)c4)CC[C@@H](c4ccccc43)[C@@]2(C(=O)NCc2cccnc2)C1. The van der Waals surface area contributed by atoms with Crippen molar-refractivity contribution in [3.05, 3.63) is 136 Å². The van der Waals surface area contributed by atoms with Crippen LogP contribution in [0.25, 0.3) is 6.08 Å². The molecule has 3 aromatic carbocycles. The minimum Gasteiger partial charge on any atom is -0.496 e. The van der Waals surface area contributed by atoms with Crippen LogP contribution in [0.2, 0.25) is 5.02 Å². The molecule has 0 unspecified atom stereocenters. The van der Waals surface area contributed by atoms with Gasteiger partial charge in [0.25, 0.3) is 0 Å². The quantitative estimate of drug-likeness (QED) is 0.248. The van der Waals surface area contributed by atoms with Crippen LogP contribution in [0.15, 0.2) is 103 Å². The van der Waals surface area contributed by atoms with Gasteiger partial charge in [-0.1, -0.05) is 72.3 Å². The van der Waals surface area contributed by atoms with Crippen molar-refractivity contribution < 1.29 is 14.3 Å². The molecule has 6 nitrogen and oxygen atoms in total. The Morgan fingerprint density at radius 3 is 2.73 bits per heavy atom. The lowest BCUT2D eigenvalue weighted by molar-refractivity contribution is -0.139. The number of amides is 2. The van der Waals surface area contributed by atoms with E-state index in [0.717, 1.165) is 29.5 Å². The van der Waals surface area contributed by atoms with Gasteiger partial charge in [-0.15, -0.1) is 0 Å². The molecule has 1 saturated heterocycles. The van der Waals surface area contributed by atoms with Gasteiger partial charge in [-0.25, -0.2) is 0 Å². The maximum atomic E-state index is 14.7. The number of carbonyl (C=O) groups excluding carboxylic acids is 2. The molecule has 44 heavy (non-hydrogen) atoms. The van der Waals surface area contributed by atoms with Crippen LogP contribution in [0.3, 0.4) is 0 Å². The molecule has 7 heteroatoms. The standard InChI is InChI=1S/C37H34ClN3O3/c1-44-32-14-5-2-9-26(32)15-16-34(42)41-23-33-36(27-10-6-11-28(38)20-27)18-17-31(29-12-3-4-13-30(29)36)37(33,24-41)35(43)40-22-25-8-7-19-39-21-25/h2-16,19-21,31,33H,17-18,22-24H2,1H3,(H,40,43)/b16-15+/t31-,33-,36-,37-/m0/s1. The second-order valence-electron chi connectivity index (χ2n) is 12.1. The summed E-state index contributed by atoms with van der Waals surface area (Å²) < 4.78 is 5.49. The van der Waals surface area contributed by atoms with Crippen molar-refractivity contribution in [1.82, 2.24) is 15.2 Å². The molecule has 3 aliphatic carbocycles. The molecule has 2 bridgehead atoms. The van der Waals surface area contributed by atoms with Gasteiger partial charge in [0, 0.05) is 65.9 Å². The molecule has 4 atom stereocenters. The molecule has 8 rings (SSSR count). The Hall–Kier alpha value is -4.42. The highest BCUT2D eigenvalue weighted by atomic mass is 35.5. The second kappa shape index (κ2) is 11.3. The van der Waals surface area contributed by atoms with Gasteiger partial charge in [0.1, 0.15) is 5.75 Å². The zero-order chi connectivity index (χ0) is 30.3. The van der Waals surface area contributed by atoms with Crippen LogP contribution >= 0.6 is 11.6 Å². The highest BCUT2D eigenvalue weighted by Crippen LogP contribution is 2.69.